The summed E-state index contributed by atoms with van der Waals surface area (Å²) < 4.78 is 11.4. The van der Waals surface area contributed by atoms with Gasteiger partial charge in [-0.05, 0) is 41.5 Å². The van der Waals surface area contributed by atoms with Crippen LogP contribution in [0.25, 0.3) is 10.8 Å². The summed E-state index contributed by atoms with van der Waals surface area (Å²) in [5.41, 5.74) is 2.07. The Balaban J connectivity index is 1.62. The minimum Gasteiger partial charge on any atom is -0.493 e. The number of rotatable bonds is 6. The molecule has 0 saturated carbocycles. The molecule has 2 amide bonds. The van der Waals surface area contributed by atoms with Crippen molar-refractivity contribution in [3.8, 4) is 11.5 Å². The summed E-state index contributed by atoms with van der Waals surface area (Å²) in [7, 11) is 1.77. The van der Waals surface area contributed by atoms with Crippen LogP contribution in [0.15, 0.2) is 54.6 Å². The van der Waals surface area contributed by atoms with Gasteiger partial charge in [0.1, 0.15) is 11.5 Å². The standard InChI is InChI=1S/C24H24N2O4/c1-3-12-29-21-11-9-16-6-4-5-7-18(16)19(21)14-26(2)24(28)17-8-10-20-22(13-17)30-15-23(27)25-20/h4-11,13H,3,12,14-15H2,1-2H3,(H,25,27). The molecule has 0 radical (unpaired) electrons. The van der Waals surface area contributed by atoms with Crippen LogP contribution >= 0.6 is 0 Å². The molecule has 3 aromatic rings. The Hall–Kier alpha value is -3.54. The lowest BCUT2D eigenvalue weighted by atomic mass is 10.0. The number of carbonyl (C=O) groups excluding carboxylic acids is 2. The maximum atomic E-state index is 13.1. The van der Waals surface area contributed by atoms with Gasteiger partial charge in [0, 0.05) is 24.7 Å². The van der Waals surface area contributed by atoms with E-state index in [2.05, 4.69) is 24.4 Å². The second-order valence-corrected chi connectivity index (χ2v) is 7.32. The predicted molar refractivity (Wildman–Crippen MR) is 116 cm³/mol. The maximum absolute atomic E-state index is 13.1. The molecule has 0 atom stereocenters. The van der Waals surface area contributed by atoms with Crippen LogP contribution in [0.3, 0.4) is 0 Å². The van der Waals surface area contributed by atoms with Crippen molar-refractivity contribution in [3.05, 3.63) is 65.7 Å². The second-order valence-electron chi connectivity index (χ2n) is 7.32. The van der Waals surface area contributed by atoms with Gasteiger partial charge in [-0.25, -0.2) is 0 Å². The van der Waals surface area contributed by atoms with Crippen molar-refractivity contribution in [1.82, 2.24) is 4.90 Å². The summed E-state index contributed by atoms with van der Waals surface area (Å²) in [5.74, 6) is 0.972. The first-order chi connectivity index (χ1) is 14.6. The third kappa shape index (κ3) is 3.94. The zero-order valence-corrected chi connectivity index (χ0v) is 17.1. The highest BCUT2D eigenvalue weighted by molar-refractivity contribution is 5.99. The molecule has 0 fully saturated rings. The zero-order valence-electron chi connectivity index (χ0n) is 17.1. The highest BCUT2D eigenvalue weighted by atomic mass is 16.5. The molecule has 0 saturated heterocycles. The van der Waals surface area contributed by atoms with E-state index in [-0.39, 0.29) is 18.4 Å². The van der Waals surface area contributed by atoms with Gasteiger partial charge in [0.05, 0.1) is 12.3 Å². The number of hydrogen-bond acceptors (Lipinski definition) is 4. The maximum Gasteiger partial charge on any atom is 0.262 e. The van der Waals surface area contributed by atoms with Crippen LogP contribution in [-0.2, 0) is 11.3 Å². The summed E-state index contributed by atoms with van der Waals surface area (Å²) in [6.07, 6.45) is 0.909. The smallest absolute Gasteiger partial charge is 0.262 e. The lowest BCUT2D eigenvalue weighted by Gasteiger charge is -2.22. The topological polar surface area (TPSA) is 67.9 Å². The summed E-state index contributed by atoms with van der Waals surface area (Å²) >= 11 is 0. The van der Waals surface area contributed by atoms with Gasteiger partial charge in [-0.3, -0.25) is 9.59 Å². The summed E-state index contributed by atoms with van der Waals surface area (Å²) in [6.45, 7) is 3.05. The number of nitrogens with zero attached hydrogens (tertiary/aromatic N) is 1. The molecular weight excluding hydrogens is 380 g/mol. The van der Waals surface area contributed by atoms with Crippen LogP contribution < -0.4 is 14.8 Å². The summed E-state index contributed by atoms with van der Waals surface area (Å²) in [4.78, 5) is 26.2. The van der Waals surface area contributed by atoms with Crippen LogP contribution in [0.5, 0.6) is 11.5 Å². The SMILES string of the molecule is CCCOc1ccc2ccccc2c1CN(C)C(=O)c1ccc2c(c1)OCC(=O)N2. The summed E-state index contributed by atoms with van der Waals surface area (Å²) in [6, 6.07) is 17.2. The van der Waals surface area contributed by atoms with Crippen LogP contribution in [0.4, 0.5) is 5.69 Å². The second kappa shape index (κ2) is 8.45. The molecule has 1 aliphatic rings. The zero-order chi connectivity index (χ0) is 21.1. The first-order valence-electron chi connectivity index (χ1n) is 10.0. The van der Waals surface area contributed by atoms with Crippen molar-refractivity contribution in [3.63, 3.8) is 0 Å². The predicted octanol–water partition coefficient (Wildman–Crippen LogP) is 4.23. The van der Waals surface area contributed by atoms with Gasteiger partial charge in [-0.2, -0.15) is 0 Å². The number of fused-ring (bicyclic) bond motifs is 2. The minimum absolute atomic E-state index is 0.0470. The van der Waals surface area contributed by atoms with E-state index in [0.29, 0.717) is 30.2 Å². The van der Waals surface area contributed by atoms with Gasteiger partial charge in [-0.1, -0.05) is 37.3 Å². The molecule has 6 nitrogen and oxygen atoms in total. The fraction of sp³-hybridized carbons (Fsp3) is 0.250. The Bertz CT molecular complexity index is 1110. The van der Waals surface area contributed by atoms with E-state index in [1.165, 1.54) is 0 Å². The number of nitrogens with one attached hydrogen (secondary N) is 1. The van der Waals surface area contributed by atoms with E-state index >= 15 is 0 Å². The van der Waals surface area contributed by atoms with E-state index in [0.717, 1.165) is 28.5 Å². The van der Waals surface area contributed by atoms with Gasteiger partial charge in [0.2, 0.25) is 0 Å². The Morgan fingerprint density at radius 1 is 1.17 bits per heavy atom. The Morgan fingerprint density at radius 2 is 2.00 bits per heavy atom. The number of ether oxygens (including phenoxy) is 2. The molecule has 1 N–H and O–H groups in total. The molecule has 30 heavy (non-hydrogen) atoms. The average molecular weight is 404 g/mol. The van der Waals surface area contributed by atoms with Gasteiger partial charge in [0.25, 0.3) is 11.8 Å². The molecule has 0 aromatic heterocycles. The van der Waals surface area contributed by atoms with Crippen molar-refractivity contribution in [2.45, 2.75) is 19.9 Å². The first-order valence-corrected chi connectivity index (χ1v) is 10.0. The fourth-order valence-corrected chi connectivity index (χ4v) is 3.56. The first kappa shape index (κ1) is 19.8. The van der Waals surface area contributed by atoms with E-state index < -0.39 is 0 Å². The summed E-state index contributed by atoms with van der Waals surface area (Å²) in [5, 5.41) is 4.91. The average Bonchev–Trinajstić information content (AvgIpc) is 2.77. The van der Waals surface area contributed by atoms with Crippen molar-refractivity contribution in [2.75, 3.05) is 25.6 Å². The number of amides is 2. The molecule has 3 aromatic carbocycles. The molecular formula is C24H24N2O4. The van der Waals surface area contributed by atoms with Crippen LogP contribution in [-0.4, -0.2) is 37.0 Å². The number of benzene rings is 3. The number of carbonyl (C=O) groups is 2. The van der Waals surface area contributed by atoms with Gasteiger partial charge >= 0.3 is 0 Å². The van der Waals surface area contributed by atoms with Crippen LogP contribution in [0.1, 0.15) is 29.3 Å². The Kier molecular flexibility index (Phi) is 5.57. The quantitative estimate of drug-likeness (QED) is 0.668. The van der Waals surface area contributed by atoms with Crippen molar-refractivity contribution in [1.29, 1.82) is 0 Å². The van der Waals surface area contributed by atoms with Gasteiger partial charge in [0.15, 0.2) is 6.61 Å². The highest BCUT2D eigenvalue weighted by Gasteiger charge is 2.21. The van der Waals surface area contributed by atoms with Crippen LogP contribution in [0, 0.1) is 0 Å². The van der Waals surface area contributed by atoms with E-state index in [1.54, 1.807) is 30.1 Å². The van der Waals surface area contributed by atoms with E-state index in [1.807, 2.05) is 24.3 Å². The third-order valence-corrected chi connectivity index (χ3v) is 5.06. The normalized spacial score (nSPS) is 12.7. The molecule has 1 aliphatic heterocycles. The molecule has 154 valence electrons. The molecule has 0 unspecified atom stereocenters. The molecule has 0 aliphatic carbocycles. The largest absolute Gasteiger partial charge is 0.493 e. The molecule has 0 spiro atoms. The van der Waals surface area contributed by atoms with E-state index in [9.17, 15) is 9.59 Å². The Labute approximate surface area is 175 Å². The lowest BCUT2D eigenvalue weighted by molar-refractivity contribution is -0.118. The minimum atomic E-state index is -0.200. The highest BCUT2D eigenvalue weighted by Crippen LogP contribution is 2.31. The number of hydrogen-bond donors (Lipinski definition) is 1. The number of anilines is 1. The third-order valence-electron chi connectivity index (χ3n) is 5.06. The van der Waals surface area contributed by atoms with Crippen molar-refractivity contribution < 1.29 is 19.1 Å². The monoisotopic (exact) mass is 404 g/mol. The Morgan fingerprint density at radius 3 is 2.83 bits per heavy atom. The fourth-order valence-electron chi connectivity index (χ4n) is 3.56. The van der Waals surface area contributed by atoms with Crippen LogP contribution in [0.2, 0.25) is 0 Å². The lowest BCUT2D eigenvalue weighted by Crippen LogP contribution is -2.28. The molecule has 4 rings (SSSR count). The van der Waals surface area contributed by atoms with E-state index in [4.69, 9.17) is 9.47 Å². The van der Waals surface area contributed by atoms with Gasteiger partial charge in [-0.15, -0.1) is 0 Å². The van der Waals surface area contributed by atoms with Crippen molar-refractivity contribution in [2.24, 2.45) is 0 Å². The molecule has 0 bridgehead atoms. The van der Waals surface area contributed by atoms with Crippen molar-refractivity contribution >= 4 is 28.3 Å². The molecule has 6 heteroatoms. The van der Waals surface area contributed by atoms with Gasteiger partial charge < -0.3 is 19.7 Å². The molecule has 1 heterocycles.